The Kier molecular flexibility index (Phi) is 5.10. The zero-order valence-electron chi connectivity index (χ0n) is 10.9. The van der Waals surface area contributed by atoms with E-state index in [1.807, 2.05) is 13.8 Å². The summed E-state index contributed by atoms with van der Waals surface area (Å²) in [5.41, 5.74) is 4.88. The summed E-state index contributed by atoms with van der Waals surface area (Å²) in [6.07, 6.45) is 1.00. The van der Waals surface area contributed by atoms with Gasteiger partial charge in [0.15, 0.2) is 0 Å². The van der Waals surface area contributed by atoms with Crippen LogP contribution in [0.3, 0.4) is 0 Å². The van der Waals surface area contributed by atoms with E-state index in [0.29, 0.717) is 19.4 Å². The van der Waals surface area contributed by atoms with Crippen LogP contribution in [-0.2, 0) is 14.3 Å². The Labute approximate surface area is 107 Å². The van der Waals surface area contributed by atoms with E-state index in [9.17, 15) is 9.59 Å². The zero-order chi connectivity index (χ0) is 13.8. The number of hydrogen-bond donors (Lipinski definition) is 3. The maximum Gasteiger partial charge on any atom is 0.308 e. The van der Waals surface area contributed by atoms with Gasteiger partial charge in [0.25, 0.3) is 0 Å². The molecule has 1 saturated heterocycles. The first-order valence-corrected chi connectivity index (χ1v) is 6.23. The maximum absolute atomic E-state index is 11.9. The van der Waals surface area contributed by atoms with Gasteiger partial charge in [-0.1, -0.05) is 13.8 Å². The summed E-state index contributed by atoms with van der Waals surface area (Å²) in [4.78, 5) is 22.9. The second-order valence-electron chi connectivity index (χ2n) is 5.33. The van der Waals surface area contributed by atoms with Gasteiger partial charge in [0.1, 0.15) is 5.54 Å². The minimum Gasteiger partial charge on any atom is -0.481 e. The smallest absolute Gasteiger partial charge is 0.308 e. The van der Waals surface area contributed by atoms with Crippen molar-refractivity contribution in [3.8, 4) is 0 Å². The first-order valence-electron chi connectivity index (χ1n) is 6.23. The van der Waals surface area contributed by atoms with Crippen LogP contribution >= 0.6 is 0 Å². The van der Waals surface area contributed by atoms with Crippen molar-refractivity contribution < 1.29 is 19.4 Å². The Morgan fingerprint density at radius 3 is 2.61 bits per heavy atom. The third-order valence-electron chi connectivity index (χ3n) is 3.12. The second kappa shape index (κ2) is 6.15. The van der Waals surface area contributed by atoms with Gasteiger partial charge in [-0.25, -0.2) is 0 Å². The number of rotatable bonds is 6. The summed E-state index contributed by atoms with van der Waals surface area (Å²) in [6, 6.07) is 0. The summed E-state index contributed by atoms with van der Waals surface area (Å²) in [5, 5.41) is 11.7. The average Bonchev–Trinajstić information content (AvgIpc) is 2.71. The van der Waals surface area contributed by atoms with Gasteiger partial charge >= 0.3 is 5.97 Å². The van der Waals surface area contributed by atoms with Crippen LogP contribution in [0.1, 0.15) is 26.7 Å². The molecule has 18 heavy (non-hydrogen) atoms. The van der Waals surface area contributed by atoms with Crippen molar-refractivity contribution in [3.63, 3.8) is 0 Å². The lowest BCUT2D eigenvalue weighted by Crippen LogP contribution is -2.55. The molecular formula is C12H22N2O4. The fourth-order valence-electron chi connectivity index (χ4n) is 1.99. The summed E-state index contributed by atoms with van der Waals surface area (Å²) >= 11 is 0. The number of ether oxygens (including phenoxy) is 1. The average molecular weight is 258 g/mol. The predicted molar refractivity (Wildman–Crippen MR) is 65.9 cm³/mol. The molecule has 6 heteroatoms. The lowest BCUT2D eigenvalue weighted by Gasteiger charge is -2.22. The number of amides is 1. The highest BCUT2D eigenvalue weighted by Gasteiger charge is 2.38. The SMILES string of the molecule is CC(C)CC(CNC(=O)C1(N)CCOC1)C(=O)O. The predicted octanol–water partition coefficient (Wildman–Crippen LogP) is -0.0327. The van der Waals surface area contributed by atoms with E-state index in [2.05, 4.69) is 5.32 Å². The van der Waals surface area contributed by atoms with Gasteiger partial charge in [-0.05, 0) is 18.8 Å². The van der Waals surface area contributed by atoms with Crippen LogP contribution < -0.4 is 11.1 Å². The topological polar surface area (TPSA) is 102 Å². The number of carboxylic acids is 1. The molecule has 0 spiro atoms. The fourth-order valence-corrected chi connectivity index (χ4v) is 1.99. The molecule has 1 aliphatic rings. The maximum atomic E-state index is 11.9. The Bertz CT molecular complexity index is 311. The molecule has 0 aromatic carbocycles. The van der Waals surface area contributed by atoms with Gasteiger partial charge in [-0.2, -0.15) is 0 Å². The van der Waals surface area contributed by atoms with Crippen LogP contribution in [0.25, 0.3) is 0 Å². The van der Waals surface area contributed by atoms with E-state index in [1.54, 1.807) is 0 Å². The first-order chi connectivity index (χ1) is 8.35. The zero-order valence-corrected chi connectivity index (χ0v) is 10.9. The number of carboxylic acid groups (broad SMARTS) is 1. The van der Waals surface area contributed by atoms with E-state index in [1.165, 1.54) is 0 Å². The lowest BCUT2D eigenvalue weighted by atomic mass is 9.95. The molecule has 4 N–H and O–H groups in total. The Hall–Kier alpha value is -1.14. The first kappa shape index (κ1) is 14.9. The number of carbonyl (C=O) groups excluding carboxylic acids is 1. The molecular weight excluding hydrogens is 236 g/mol. The van der Waals surface area contributed by atoms with Gasteiger partial charge < -0.3 is 20.9 Å². The number of carbonyl (C=O) groups is 2. The van der Waals surface area contributed by atoms with E-state index in [-0.39, 0.29) is 25.0 Å². The second-order valence-corrected chi connectivity index (χ2v) is 5.33. The molecule has 0 aromatic rings. The standard InChI is InChI=1S/C12H22N2O4/c1-8(2)5-9(10(15)16)6-14-11(17)12(13)3-4-18-7-12/h8-9H,3-7,13H2,1-2H3,(H,14,17)(H,15,16). The summed E-state index contributed by atoms with van der Waals surface area (Å²) in [6.45, 7) is 4.68. The molecule has 0 aromatic heterocycles. The molecule has 1 fully saturated rings. The molecule has 0 saturated carbocycles. The van der Waals surface area contributed by atoms with Gasteiger partial charge in [0, 0.05) is 13.2 Å². The highest BCUT2D eigenvalue weighted by atomic mass is 16.5. The number of aliphatic carboxylic acids is 1. The quantitative estimate of drug-likeness (QED) is 0.621. The molecule has 1 rings (SSSR count). The molecule has 104 valence electrons. The van der Waals surface area contributed by atoms with Crippen molar-refractivity contribution in [1.82, 2.24) is 5.32 Å². The lowest BCUT2D eigenvalue weighted by molar-refractivity contribution is -0.142. The van der Waals surface area contributed by atoms with Crippen LogP contribution in [0.4, 0.5) is 0 Å². The van der Waals surface area contributed by atoms with Gasteiger partial charge in [0.05, 0.1) is 12.5 Å². The van der Waals surface area contributed by atoms with Gasteiger partial charge in [0.2, 0.25) is 5.91 Å². The van der Waals surface area contributed by atoms with Crippen LogP contribution in [0.15, 0.2) is 0 Å². The van der Waals surface area contributed by atoms with E-state index < -0.39 is 17.4 Å². The normalized spacial score (nSPS) is 25.1. The van der Waals surface area contributed by atoms with Crippen molar-refractivity contribution in [2.45, 2.75) is 32.2 Å². The molecule has 1 heterocycles. The third kappa shape index (κ3) is 3.96. The van der Waals surface area contributed by atoms with Crippen molar-refractivity contribution in [1.29, 1.82) is 0 Å². The van der Waals surface area contributed by atoms with Crippen molar-refractivity contribution >= 4 is 11.9 Å². The molecule has 2 atom stereocenters. The highest BCUT2D eigenvalue weighted by molar-refractivity contribution is 5.87. The number of nitrogens with two attached hydrogens (primary N) is 1. The number of hydrogen-bond acceptors (Lipinski definition) is 4. The molecule has 1 amide bonds. The van der Waals surface area contributed by atoms with E-state index >= 15 is 0 Å². The molecule has 1 aliphatic heterocycles. The van der Waals surface area contributed by atoms with Crippen molar-refractivity contribution in [2.24, 2.45) is 17.6 Å². The monoisotopic (exact) mass is 258 g/mol. The van der Waals surface area contributed by atoms with Crippen LogP contribution in [0.2, 0.25) is 0 Å². The number of nitrogens with one attached hydrogen (secondary N) is 1. The van der Waals surface area contributed by atoms with Crippen molar-refractivity contribution in [2.75, 3.05) is 19.8 Å². The molecule has 2 unspecified atom stereocenters. The molecule has 0 aliphatic carbocycles. The van der Waals surface area contributed by atoms with Crippen LogP contribution in [-0.4, -0.2) is 42.3 Å². The van der Waals surface area contributed by atoms with Gasteiger partial charge in [-0.3, -0.25) is 9.59 Å². The van der Waals surface area contributed by atoms with E-state index in [4.69, 9.17) is 15.6 Å². The Balaban J connectivity index is 2.46. The van der Waals surface area contributed by atoms with Crippen LogP contribution in [0, 0.1) is 11.8 Å². The summed E-state index contributed by atoms with van der Waals surface area (Å²) < 4.78 is 5.10. The fraction of sp³-hybridized carbons (Fsp3) is 0.833. The summed E-state index contributed by atoms with van der Waals surface area (Å²) in [5.74, 6) is -1.52. The molecule has 0 bridgehead atoms. The third-order valence-corrected chi connectivity index (χ3v) is 3.12. The largest absolute Gasteiger partial charge is 0.481 e. The minimum absolute atomic E-state index is 0.116. The van der Waals surface area contributed by atoms with Crippen LogP contribution in [0.5, 0.6) is 0 Å². The molecule has 0 radical (unpaired) electrons. The molecule has 6 nitrogen and oxygen atoms in total. The van der Waals surface area contributed by atoms with Crippen molar-refractivity contribution in [3.05, 3.63) is 0 Å². The highest BCUT2D eigenvalue weighted by Crippen LogP contribution is 2.16. The Morgan fingerprint density at radius 2 is 2.17 bits per heavy atom. The van der Waals surface area contributed by atoms with E-state index in [0.717, 1.165) is 0 Å². The van der Waals surface area contributed by atoms with Gasteiger partial charge in [-0.15, -0.1) is 0 Å². The minimum atomic E-state index is -0.999. The Morgan fingerprint density at radius 1 is 1.50 bits per heavy atom. The summed E-state index contributed by atoms with van der Waals surface area (Å²) in [7, 11) is 0.